The minimum atomic E-state index is -1.54. The molecule has 14 heteroatoms. The standard InChI is InChI=1S/C5H9NO5.C5H8O3.ClH.HNO2.Na/c6-4(5(10)11)2(7)1-3(8)9;1-3-4(6)2-5(7)8-3;;2-1-3;/h2,4,7H,1,6H2,(H,8,9)(H,10,11);3-4,6H,2H2,1H3;1H;(H,2,3);/q;;;;+1/p-1/t2-,4-;3-,4-;;;/m10.../s1. The van der Waals surface area contributed by atoms with Gasteiger partial charge in [-0.2, -0.15) is 0 Å². The Balaban J connectivity index is -0.000000136. The molecule has 1 rings (SSSR count). The Bertz CT molecular complexity index is 388. The number of hydrogen-bond acceptors (Lipinski definition) is 10. The number of rotatable bonds is 4. The maximum atomic E-state index is 10.3. The maximum absolute atomic E-state index is 10.3. The molecule has 1 fully saturated rings. The molecule has 6 N–H and O–H groups in total. The van der Waals surface area contributed by atoms with Crippen molar-refractivity contribution in [2.24, 2.45) is 11.1 Å². The summed E-state index contributed by atoms with van der Waals surface area (Å²) in [5, 5.41) is 42.9. The summed E-state index contributed by atoms with van der Waals surface area (Å²) in [4.78, 5) is 38.3. The third kappa shape index (κ3) is 15.9. The van der Waals surface area contributed by atoms with Crippen molar-refractivity contribution in [1.29, 1.82) is 0 Å². The van der Waals surface area contributed by atoms with Crippen LogP contribution in [0.1, 0.15) is 19.8 Å². The molecule has 1 saturated heterocycles. The van der Waals surface area contributed by atoms with Crippen molar-refractivity contribution in [1.82, 2.24) is 0 Å². The molecule has 12 nitrogen and oxygen atoms in total. The number of carboxylic acids is 2. The van der Waals surface area contributed by atoms with E-state index in [4.69, 9.17) is 36.3 Å². The van der Waals surface area contributed by atoms with Crippen LogP contribution >= 0.6 is 12.4 Å². The molecule has 136 valence electrons. The predicted molar refractivity (Wildman–Crippen MR) is 76.5 cm³/mol. The molecule has 0 aromatic rings. The summed E-state index contributed by atoms with van der Waals surface area (Å²) >= 11 is 0. The number of carboxylic acid groups (broad SMARTS) is 2. The van der Waals surface area contributed by atoms with E-state index in [1.807, 2.05) is 0 Å². The summed E-state index contributed by atoms with van der Waals surface area (Å²) in [5.41, 5.74) is 4.90. The number of nitrogens with zero attached hydrogens (tertiary/aromatic N) is 1. The summed E-state index contributed by atoms with van der Waals surface area (Å²) in [6.07, 6.45) is -2.93. The third-order valence-electron chi connectivity index (χ3n) is 2.32. The second kappa shape index (κ2) is 16.8. The molecule has 0 bridgehead atoms. The minimum absolute atomic E-state index is 0. The summed E-state index contributed by atoms with van der Waals surface area (Å²) < 4.78 is 4.58. The predicted octanol–water partition coefficient (Wildman–Crippen LogP) is -4.41. The van der Waals surface area contributed by atoms with E-state index in [0.29, 0.717) is 0 Å². The summed E-state index contributed by atoms with van der Waals surface area (Å²) in [5.74, 6) is -3.00. The molecule has 0 radical (unpaired) electrons. The van der Waals surface area contributed by atoms with Gasteiger partial charge in [0.2, 0.25) is 0 Å². The molecular weight excluding hydrogens is 367 g/mol. The number of carbonyl (C=O) groups is 3. The van der Waals surface area contributed by atoms with Gasteiger partial charge in [0, 0.05) is 0 Å². The van der Waals surface area contributed by atoms with E-state index in [1.165, 1.54) is 0 Å². The van der Waals surface area contributed by atoms with E-state index < -0.39 is 36.6 Å². The second-order valence-electron chi connectivity index (χ2n) is 4.07. The van der Waals surface area contributed by atoms with Crippen LogP contribution in [-0.2, 0) is 19.1 Å². The first-order valence-electron chi connectivity index (χ1n) is 5.77. The van der Waals surface area contributed by atoms with Gasteiger partial charge in [-0.15, -0.1) is 17.7 Å². The fraction of sp³-hybridized carbons (Fsp3) is 0.700. The van der Waals surface area contributed by atoms with Crippen molar-refractivity contribution in [3.8, 4) is 0 Å². The monoisotopic (exact) mass is 384 g/mol. The Morgan fingerprint density at radius 2 is 1.88 bits per heavy atom. The van der Waals surface area contributed by atoms with Crippen molar-refractivity contribution < 1.29 is 69.1 Å². The molecule has 0 saturated carbocycles. The van der Waals surface area contributed by atoms with Crippen molar-refractivity contribution in [2.75, 3.05) is 0 Å². The number of carbonyl (C=O) groups excluding carboxylic acids is 1. The van der Waals surface area contributed by atoms with Crippen molar-refractivity contribution in [3.05, 3.63) is 10.1 Å². The number of aliphatic hydroxyl groups is 2. The molecule has 1 heterocycles. The van der Waals surface area contributed by atoms with Crippen LogP contribution in [0.4, 0.5) is 0 Å². The van der Waals surface area contributed by atoms with E-state index in [0.717, 1.165) is 5.34 Å². The molecule has 1 aliphatic rings. The molecule has 0 aliphatic carbocycles. The van der Waals surface area contributed by atoms with Crippen LogP contribution in [0.5, 0.6) is 0 Å². The third-order valence-corrected chi connectivity index (χ3v) is 2.32. The Morgan fingerprint density at radius 1 is 1.46 bits per heavy atom. The maximum Gasteiger partial charge on any atom is 1.00 e. The van der Waals surface area contributed by atoms with Crippen LogP contribution < -0.4 is 35.3 Å². The number of aliphatic hydroxyl groups excluding tert-OH is 2. The molecule has 0 aromatic heterocycles. The number of cyclic esters (lactones) is 1. The molecule has 0 amide bonds. The Kier molecular flexibility index (Phi) is 21.6. The molecule has 0 spiro atoms. The molecule has 4 atom stereocenters. The number of ether oxygens (including phenoxy) is 1. The quantitative estimate of drug-likeness (QED) is 0.135. The van der Waals surface area contributed by atoms with Crippen LogP contribution in [0.15, 0.2) is 5.34 Å². The van der Waals surface area contributed by atoms with E-state index in [-0.39, 0.29) is 60.5 Å². The van der Waals surface area contributed by atoms with Gasteiger partial charge in [0.05, 0.1) is 18.9 Å². The van der Waals surface area contributed by atoms with Crippen LogP contribution in [0, 0.1) is 10.1 Å². The topological polar surface area (TPSA) is 220 Å². The van der Waals surface area contributed by atoms with Gasteiger partial charge in [-0.3, -0.25) is 14.4 Å². The summed E-state index contributed by atoms with van der Waals surface area (Å²) in [6, 6.07) is -1.54. The average molecular weight is 385 g/mol. The Morgan fingerprint density at radius 3 is 2.04 bits per heavy atom. The number of aliphatic carboxylic acids is 2. The Hall–Kier alpha value is -1.02. The number of hydrogen-bond donors (Lipinski definition) is 5. The van der Waals surface area contributed by atoms with Gasteiger partial charge < -0.3 is 41.0 Å². The number of nitrogens with two attached hydrogens (primary N) is 1. The van der Waals surface area contributed by atoms with Gasteiger partial charge in [-0.05, 0) is 6.92 Å². The van der Waals surface area contributed by atoms with Crippen molar-refractivity contribution in [3.63, 3.8) is 0 Å². The van der Waals surface area contributed by atoms with Gasteiger partial charge in [-0.25, -0.2) is 0 Å². The first-order chi connectivity index (χ1) is 10.1. The SMILES string of the molecule is C[C@@H]1OC(=O)C[C@@H]1O.Cl.N[C@@H](C(=O)O)[C@H](O)CC(=O)O.O=N[O-].[Na+]. The largest absolute Gasteiger partial charge is 1.00 e. The van der Waals surface area contributed by atoms with Gasteiger partial charge in [0.25, 0.3) is 0 Å². The fourth-order valence-corrected chi connectivity index (χ4v) is 1.14. The first-order valence-corrected chi connectivity index (χ1v) is 5.77. The summed E-state index contributed by atoms with van der Waals surface area (Å²) in [7, 11) is 0. The molecule has 0 unspecified atom stereocenters. The zero-order valence-electron chi connectivity index (χ0n) is 12.9. The van der Waals surface area contributed by atoms with Crippen LogP contribution in [0.3, 0.4) is 0 Å². The molecule has 24 heavy (non-hydrogen) atoms. The van der Waals surface area contributed by atoms with Gasteiger partial charge in [0.15, 0.2) is 0 Å². The first kappa shape index (κ1) is 30.8. The molecule has 0 aromatic carbocycles. The normalized spacial score (nSPS) is 20.1. The minimum Gasteiger partial charge on any atom is -0.481 e. The van der Waals surface area contributed by atoms with E-state index in [9.17, 15) is 14.4 Å². The summed E-state index contributed by atoms with van der Waals surface area (Å²) in [6.45, 7) is 1.68. The van der Waals surface area contributed by atoms with E-state index in [1.54, 1.807) is 6.92 Å². The van der Waals surface area contributed by atoms with Gasteiger partial charge in [0.1, 0.15) is 18.2 Å². The van der Waals surface area contributed by atoms with E-state index in [2.05, 4.69) is 4.74 Å². The smallest absolute Gasteiger partial charge is 0.481 e. The van der Waals surface area contributed by atoms with Gasteiger partial charge >= 0.3 is 47.5 Å². The van der Waals surface area contributed by atoms with E-state index >= 15 is 0 Å². The number of esters is 1. The fourth-order valence-electron chi connectivity index (χ4n) is 1.14. The number of halogens is 1. The van der Waals surface area contributed by atoms with Crippen LogP contribution in [-0.4, -0.2) is 62.7 Å². The van der Waals surface area contributed by atoms with Crippen molar-refractivity contribution in [2.45, 2.75) is 44.1 Å². The second-order valence-corrected chi connectivity index (χ2v) is 4.07. The molecular formula is C10H18ClN2NaO10. The zero-order valence-corrected chi connectivity index (χ0v) is 15.7. The average Bonchev–Trinajstić information content (AvgIpc) is 2.66. The Labute approximate surface area is 164 Å². The van der Waals surface area contributed by atoms with Crippen LogP contribution in [0.25, 0.3) is 0 Å². The molecule has 1 aliphatic heterocycles. The zero-order chi connectivity index (χ0) is 17.9. The van der Waals surface area contributed by atoms with Crippen LogP contribution in [0.2, 0.25) is 0 Å². The van der Waals surface area contributed by atoms with Crippen molar-refractivity contribution >= 4 is 30.3 Å². The van der Waals surface area contributed by atoms with Gasteiger partial charge in [-0.1, -0.05) is 0 Å².